The maximum Gasteiger partial charge on any atom is 0.419 e. The number of ether oxygens (including phenoxy) is 1. The Balaban J connectivity index is 2.06. The van der Waals surface area contributed by atoms with E-state index < -0.39 is 6.09 Å². The molecule has 98 valence electrons. The van der Waals surface area contributed by atoms with Gasteiger partial charge in [-0.2, -0.15) is 0 Å². The fourth-order valence-electron chi connectivity index (χ4n) is 1.72. The summed E-state index contributed by atoms with van der Waals surface area (Å²) in [5, 5.41) is 0. The molecule has 0 aliphatic carbocycles. The van der Waals surface area contributed by atoms with Crippen LogP contribution in [-0.2, 0) is 6.42 Å². The largest absolute Gasteiger partial charge is 0.419 e. The van der Waals surface area contributed by atoms with Gasteiger partial charge in [0.15, 0.2) is 0 Å². The fourth-order valence-corrected chi connectivity index (χ4v) is 1.72. The Morgan fingerprint density at radius 2 is 1.68 bits per heavy atom. The molecule has 0 fully saturated rings. The van der Waals surface area contributed by atoms with Crippen molar-refractivity contribution in [2.45, 2.75) is 13.3 Å². The van der Waals surface area contributed by atoms with E-state index in [1.807, 2.05) is 42.5 Å². The normalized spacial score (nSPS) is 10.0. The number of hydrogen-bond donors (Lipinski definition) is 0. The lowest BCUT2D eigenvalue weighted by Crippen LogP contribution is -2.29. The van der Waals surface area contributed by atoms with Gasteiger partial charge in [-0.05, 0) is 36.2 Å². The molecular formula is C16H17NO2. The first-order valence-corrected chi connectivity index (χ1v) is 6.30. The van der Waals surface area contributed by atoms with E-state index in [1.165, 1.54) is 10.5 Å². The standard InChI is InChI=1S/C16H17NO2/c1-3-13-9-11-14(12-10-13)17(2)16(18)19-15-7-5-4-6-8-15/h4-12H,3H2,1-2H3. The summed E-state index contributed by atoms with van der Waals surface area (Å²) in [4.78, 5) is 13.5. The van der Waals surface area contributed by atoms with Crippen molar-refractivity contribution in [1.82, 2.24) is 0 Å². The van der Waals surface area contributed by atoms with Crippen molar-refractivity contribution in [2.24, 2.45) is 0 Å². The number of rotatable bonds is 3. The van der Waals surface area contributed by atoms with Crippen molar-refractivity contribution in [3.8, 4) is 5.75 Å². The number of amides is 1. The number of anilines is 1. The van der Waals surface area contributed by atoms with Gasteiger partial charge >= 0.3 is 6.09 Å². The smallest absolute Gasteiger partial charge is 0.410 e. The number of aryl methyl sites for hydroxylation is 1. The van der Waals surface area contributed by atoms with Gasteiger partial charge in [-0.1, -0.05) is 37.3 Å². The zero-order valence-corrected chi connectivity index (χ0v) is 11.2. The molecule has 0 aromatic heterocycles. The van der Waals surface area contributed by atoms with E-state index in [1.54, 1.807) is 19.2 Å². The van der Waals surface area contributed by atoms with E-state index in [-0.39, 0.29) is 0 Å². The molecule has 0 saturated carbocycles. The minimum atomic E-state index is -0.393. The Bertz CT molecular complexity index is 534. The molecule has 3 heteroatoms. The van der Waals surface area contributed by atoms with Gasteiger partial charge in [0, 0.05) is 12.7 Å². The summed E-state index contributed by atoms with van der Waals surface area (Å²) in [6, 6.07) is 16.9. The van der Waals surface area contributed by atoms with Crippen LogP contribution < -0.4 is 9.64 Å². The van der Waals surface area contributed by atoms with Crippen LogP contribution >= 0.6 is 0 Å². The van der Waals surface area contributed by atoms with Crippen LogP contribution in [0.1, 0.15) is 12.5 Å². The quantitative estimate of drug-likeness (QED) is 0.832. The van der Waals surface area contributed by atoms with Gasteiger partial charge in [-0.3, -0.25) is 4.90 Å². The summed E-state index contributed by atoms with van der Waals surface area (Å²) in [6.07, 6.45) is 0.591. The van der Waals surface area contributed by atoms with Crippen LogP contribution in [-0.4, -0.2) is 13.1 Å². The molecule has 1 amide bonds. The number of benzene rings is 2. The van der Waals surface area contributed by atoms with E-state index in [4.69, 9.17) is 4.74 Å². The fraction of sp³-hybridized carbons (Fsp3) is 0.188. The van der Waals surface area contributed by atoms with Gasteiger partial charge in [0.05, 0.1) is 0 Å². The van der Waals surface area contributed by atoms with Crippen molar-refractivity contribution >= 4 is 11.8 Å². The van der Waals surface area contributed by atoms with Gasteiger partial charge in [0.1, 0.15) is 5.75 Å². The van der Waals surface area contributed by atoms with Crippen molar-refractivity contribution in [3.05, 3.63) is 60.2 Å². The topological polar surface area (TPSA) is 29.5 Å². The maximum absolute atomic E-state index is 12.0. The Morgan fingerprint density at radius 3 is 2.26 bits per heavy atom. The first-order valence-electron chi connectivity index (χ1n) is 6.30. The van der Waals surface area contributed by atoms with Gasteiger partial charge in [0.25, 0.3) is 0 Å². The van der Waals surface area contributed by atoms with E-state index in [9.17, 15) is 4.79 Å². The number of para-hydroxylation sites is 1. The van der Waals surface area contributed by atoms with Crippen LogP contribution in [0.4, 0.5) is 10.5 Å². The van der Waals surface area contributed by atoms with Crippen molar-refractivity contribution in [2.75, 3.05) is 11.9 Å². The van der Waals surface area contributed by atoms with E-state index in [2.05, 4.69) is 6.92 Å². The molecular weight excluding hydrogens is 238 g/mol. The maximum atomic E-state index is 12.0. The van der Waals surface area contributed by atoms with Crippen LogP contribution in [0, 0.1) is 0 Å². The monoisotopic (exact) mass is 255 g/mol. The molecule has 2 rings (SSSR count). The van der Waals surface area contributed by atoms with Crippen LogP contribution in [0.15, 0.2) is 54.6 Å². The lowest BCUT2D eigenvalue weighted by molar-refractivity contribution is 0.209. The third-order valence-corrected chi connectivity index (χ3v) is 2.95. The summed E-state index contributed by atoms with van der Waals surface area (Å²) in [5.41, 5.74) is 2.06. The molecule has 19 heavy (non-hydrogen) atoms. The Morgan fingerprint density at radius 1 is 1.05 bits per heavy atom. The van der Waals surface area contributed by atoms with Gasteiger partial charge < -0.3 is 4.74 Å². The minimum Gasteiger partial charge on any atom is -0.410 e. The lowest BCUT2D eigenvalue weighted by Gasteiger charge is -2.17. The number of hydrogen-bond acceptors (Lipinski definition) is 2. The Labute approximate surface area is 113 Å². The van der Waals surface area contributed by atoms with E-state index in [0.717, 1.165) is 12.1 Å². The average molecular weight is 255 g/mol. The van der Waals surface area contributed by atoms with E-state index >= 15 is 0 Å². The molecule has 0 bridgehead atoms. The second kappa shape index (κ2) is 6.05. The second-order valence-corrected chi connectivity index (χ2v) is 4.26. The van der Waals surface area contributed by atoms with Gasteiger partial charge in [-0.25, -0.2) is 4.79 Å². The Hall–Kier alpha value is -2.29. The Kier molecular flexibility index (Phi) is 4.18. The van der Waals surface area contributed by atoms with Crippen LogP contribution in [0.25, 0.3) is 0 Å². The second-order valence-electron chi connectivity index (χ2n) is 4.26. The zero-order chi connectivity index (χ0) is 13.7. The molecule has 0 saturated heterocycles. The molecule has 0 spiro atoms. The summed E-state index contributed by atoms with van der Waals surface area (Å²) >= 11 is 0. The highest BCUT2D eigenvalue weighted by molar-refractivity contribution is 5.88. The highest BCUT2D eigenvalue weighted by Crippen LogP contribution is 2.17. The summed E-state index contributed by atoms with van der Waals surface area (Å²) in [7, 11) is 1.70. The van der Waals surface area contributed by atoms with Crippen molar-refractivity contribution in [3.63, 3.8) is 0 Å². The molecule has 0 aliphatic heterocycles. The number of nitrogens with zero attached hydrogens (tertiary/aromatic N) is 1. The van der Waals surface area contributed by atoms with Crippen LogP contribution in [0.2, 0.25) is 0 Å². The van der Waals surface area contributed by atoms with E-state index in [0.29, 0.717) is 5.75 Å². The molecule has 0 radical (unpaired) electrons. The number of carbonyl (C=O) groups excluding carboxylic acids is 1. The molecule has 0 heterocycles. The molecule has 0 N–H and O–H groups in total. The zero-order valence-electron chi connectivity index (χ0n) is 11.2. The average Bonchev–Trinajstić information content (AvgIpc) is 2.47. The van der Waals surface area contributed by atoms with Crippen LogP contribution in [0.3, 0.4) is 0 Å². The first kappa shape index (κ1) is 13.1. The third-order valence-electron chi connectivity index (χ3n) is 2.95. The molecule has 0 aliphatic rings. The molecule has 0 unspecified atom stereocenters. The molecule has 2 aromatic rings. The minimum absolute atomic E-state index is 0.393. The SMILES string of the molecule is CCc1ccc(N(C)C(=O)Oc2ccccc2)cc1. The number of carbonyl (C=O) groups is 1. The van der Waals surface area contributed by atoms with Gasteiger partial charge in [-0.15, -0.1) is 0 Å². The predicted molar refractivity (Wildman–Crippen MR) is 76.7 cm³/mol. The summed E-state index contributed by atoms with van der Waals surface area (Å²) in [6.45, 7) is 2.10. The van der Waals surface area contributed by atoms with Crippen LogP contribution in [0.5, 0.6) is 5.75 Å². The molecule has 3 nitrogen and oxygen atoms in total. The van der Waals surface area contributed by atoms with Crippen molar-refractivity contribution in [1.29, 1.82) is 0 Å². The van der Waals surface area contributed by atoms with Gasteiger partial charge in [0.2, 0.25) is 0 Å². The summed E-state index contributed by atoms with van der Waals surface area (Å²) in [5.74, 6) is 0.546. The highest BCUT2D eigenvalue weighted by atomic mass is 16.6. The predicted octanol–water partition coefficient (Wildman–Crippen LogP) is 3.88. The lowest BCUT2D eigenvalue weighted by atomic mass is 10.1. The third kappa shape index (κ3) is 3.35. The molecule has 2 aromatic carbocycles. The summed E-state index contributed by atoms with van der Waals surface area (Å²) < 4.78 is 5.27. The molecule has 0 atom stereocenters. The highest BCUT2D eigenvalue weighted by Gasteiger charge is 2.12. The van der Waals surface area contributed by atoms with Crippen molar-refractivity contribution < 1.29 is 9.53 Å². The first-order chi connectivity index (χ1) is 9.20.